The van der Waals surface area contributed by atoms with Gasteiger partial charge in [0.25, 0.3) is 5.56 Å². The van der Waals surface area contributed by atoms with Gasteiger partial charge in [-0.05, 0) is 110 Å². The smallest absolute Gasteiger partial charge is 0.338 e. The molecule has 8 nitrogen and oxygen atoms in total. The fourth-order valence-corrected chi connectivity index (χ4v) is 6.59. The molecule has 0 amide bonds. The zero-order valence-electron chi connectivity index (χ0n) is 23.6. The van der Waals surface area contributed by atoms with Crippen molar-refractivity contribution in [3.8, 4) is 17.2 Å². The van der Waals surface area contributed by atoms with E-state index in [9.17, 15) is 9.59 Å². The normalized spacial score (nSPS) is 15.0. The molecule has 1 aliphatic heterocycles. The van der Waals surface area contributed by atoms with Crippen LogP contribution in [0.15, 0.2) is 69.6 Å². The number of rotatable bonds is 7. The first-order valence-corrected chi connectivity index (χ1v) is 14.9. The molecule has 0 N–H and O–H groups in total. The van der Waals surface area contributed by atoms with Crippen LogP contribution in [0.25, 0.3) is 11.8 Å². The number of ether oxygens (including phenoxy) is 3. The van der Waals surface area contributed by atoms with Crippen molar-refractivity contribution < 1.29 is 19.0 Å². The highest BCUT2D eigenvalue weighted by Crippen LogP contribution is 2.36. The maximum absolute atomic E-state index is 14.1. The Labute approximate surface area is 255 Å². The minimum atomic E-state index is -0.744. The van der Waals surface area contributed by atoms with Crippen molar-refractivity contribution in [3.63, 3.8) is 0 Å². The molecular formula is C31H30IN3O5S. The molecule has 0 saturated carbocycles. The maximum atomic E-state index is 14.1. The van der Waals surface area contributed by atoms with E-state index in [0.717, 1.165) is 26.2 Å². The Morgan fingerprint density at radius 2 is 1.76 bits per heavy atom. The van der Waals surface area contributed by atoms with E-state index in [1.54, 1.807) is 44.8 Å². The highest BCUT2D eigenvalue weighted by molar-refractivity contribution is 14.1. The number of hydrogen-bond donors (Lipinski definition) is 0. The summed E-state index contributed by atoms with van der Waals surface area (Å²) in [5.41, 5.74) is 5.36. The minimum Gasteiger partial charge on any atom is -0.493 e. The topological polar surface area (TPSA) is 84.1 Å². The molecule has 0 spiro atoms. The average molecular weight is 684 g/mol. The lowest BCUT2D eigenvalue weighted by molar-refractivity contribution is -0.139. The second-order valence-electron chi connectivity index (χ2n) is 9.55. The molecule has 0 bridgehead atoms. The fourth-order valence-electron chi connectivity index (χ4n) is 5.19. The van der Waals surface area contributed by atoms with Crippen molar-refractivity contribution in [2.45, 2.75) is 33.7 Å². The first-order valence-electron chi connectivity index (χ1n) is 13.0. The molecule has 2 aromatic carbocycles. The Bertz CT molecular complexity index is 1860. The van der Waals surface area contributed by atoms with Gasteiger partial charge in [-0.2, -0.15) is 0 Å². The molecular weight excluding hydrogens is 653 g/mol. The molecule has 0 radical (unpaired) electrons. The van der Waals surface area contributed by atoms with Crippen LogP contribution in [0, 0.1) is 17.4 Å². The molecule has 1 atom stereocenters. The van der Waals surface area contributed by atoms with E-state index in [1.807, 2.05) is 19.1 Å². The van der Waals surface area contributed by atoms with Gasteiger partial charge in [0.05, 0.1) is 42.7 Å². The zero-order valence-corrected chi connectivity index (χ0v) is 26.6. The Morgan fingerprint density at radius 3 is 2.41 bits per heavy atom. The SMILES string of the molecule is CCOC(=O)C1=C(C)N=c2sc(=Cc3cc(C)n(-c4ccc(I)cc4)c3C)c(=O)n2[C@H]1c1ccc(OC)c(OC)c1. The summed E-state index contributed by atoms with van der Waals surface area (Å²) in [4.78, 5) is 32.5. The standard InChI is InChI=1S/C31H30IN3O5S/c1-7-40-30(37)27-18(3)33-31-35(28(27)20-8-13-24(38-5)25(15-20)39-6)29(36)26(41-31)16-21-14-17(2)34(19(21)4)23-11-9-22(32)10-12-23/h8-16,28H,7H2,1-6H3/t28-/m0/s1. The number of nitrogens with zero attached hydrogens (tertiary/aromatic N) is 3. The quantitative estimate of drug-likeness (QED) is 0.206. The number of methoxy groups -OCH3 is 2. The molecule has 10 heteroatoms. The molecule has 2 aromatic heterocycles. The second-order valence-corrected chi connectivity index (χ2v) is 11.8. The summed E-state index contributed by atoms with van der Waals surface area (Å²) >= 11 is 3.59. The van der Waals surface area contributed by atoms with Crippen LogP contribution in [0.3, 0.4) is 0 Å². The molecule has 5 rings (SSSR count). The number of benzene rings is 2. The number of halogens is 1. The third-order valence-electron chi connectivity index (χ3n) is 7.08. The van der Waals surface area contributed by atoms with Crippen LogP contribution < -0.4 is 24.4 Å². The average Bonchev–Trinajstić information content (AvgIpc) is 3.41. The van der Waals surface area contributed by atoms with E-state index in [1.165, 1.54) is 11.3 Å². The minimum absolute atomic E-state index is 0.203. The molecule has 3 heterocycles. The lowest BCUT2D eigenvalue weighted by Crippen LogP contribution is -2.40. The van der Waals surface area contributed by atoms with Crippen molar-refractivity contribution in [2.75, 3.05) is 20.8 Å². The molecule has 0 aliphatic carbocycles. The first kappa shape index (κ1) is 28.9. The van der Waals surface area contributed by atoms with Crippen LogP contribution in [0.5, 0.6) is 11.5 Å². The van der Waals surface area contributed by atoms with Gasteiger partial charge >= 0.3 is 5.97 Å². The summed E-state index contributed by atoms with van der Waals surface area (Å²) < 4.78 is 21.8. The number of thiazole rings is 1. The van der Waals surface area contributed by atoms with Crippen LogP contribution >= 0.6 is 33.9 Å². The molecule has 0 fully saturated rings. The summed E-state index contributed by atoms with van der Waals surface area (Å²) in [7, 11) is 3.11. The Hall–Kier alpha value is -3.64. The van der Waals surface area contributed by atoms with E-state index in [-0.39, 0.29) is 12.2 Å². The number of aromatic nitrogens is 2. The van der Waals surface area contributed by atoms with E-state index in [2.05, 4.69) is 69.4 Å². The molecule has 0 saturated heterocycles. The summed E-state index contributed by atoms with van der Waals surface area (Å²) in [6, 6.07) is 15.0. The monoisotopic (exact) mass is 683 g/mol. The van der Waals surface area contributed by atoms with Crippen LogP contribution in [-0.2, 0) is 9.53 Å². The summed E-state index contributed by atoms with van der Waals surface area (Å²) in [5.74, 6) is 0.530. The highest BCUT2D eigenvalue weighted by Gasteiger charge is 2.34. The van der Waals surface area contributed by atoms with Gasteiger partial charge in [0.2, 0.25) is 0 Å². The van der Waals surface area contributed by atoms with E-state index in [0.29, 0.717) is 37.7 Å². The number of esters is 1. The number of hydrogen-bond acceptors (Lipinski definition) is 7. The Kier molecular flexibility index (Phi) is 8.23. The van der Waals surface area contributed by atoms with Crippen LogP contribution in [0.1, 0.15) is 42.4 Å². The van der Waals surface area contributed by atoms with E-state index in [4.69, 9.17) is 14.2 Å². The number of allylic oxidation sites excluding steroid dienone is 1. The number of carbonyl (C=O) groups is 1. The van der Waals surface area contributed by atoms with Crippen molar-refractivity contribution in [1.29, 1.82) is 0 Å². The van der Waals surface area contributed by atoms with Crippen LogP contribution in [0.2, 0.25) is 0 Å². The van der Waals surface area contributed by atoms with Gasteiger partial charge in [-0.15, -0.1) is 0 Å². The summed E-state index contributed by atoms with van der Waals surface area (Å²) in [6.45, 7) is 7.82. The van der Waals surface area contributed by atoms with Crippen molar-refractivity contribution in [1.82, 2.24) is 9.13 Å². The van der Waals surface area contributed by atoms with Gasteiger partial charge in [0.15, 0.2) is 16.3 Å². The first-order chi connectivity index (χ1) is 19.7. The predicted octanol–water partition coefficient (Wildman–Crippen LogP) is 4.83. The van der Waals surface area contributed by atoms with Gasteiger partial charge < -0.3 is 18.8 Å². The van der Waals surface area contributed by atoms with Crippen molar-refractivity contribution in [3.05, 3.63) is 106 Å². The second kappa shape index (κ2) is 11.7. The van der Waals surface area contributed by atoms with Crippen molar-refractivity contribution in [2.24, 2.45) is 4.99 Å². The molecule has 1 aliphatic rings. The summed E-state index contributed by atoms with van der Waals surface area (Å²) in [6.07, 6.45) is 1.91. The Balaban J connectivity index is 1.70. The van der Waals surface area contributed by atoms with Gasteiger partial charge in [-0.1, -0.05) is 17.4 Å². The zero-order chi connectivity index (χ0) is 29.4. The van der Waals surface area contributed by atoms with Gasteiger partial charge in [0, 0.05) is 20.6 Å². The number of aryl methyl sites for hydroxylation is 1. The lowest BCUT2D eigenvalue weighted by atomic mass is 9.95. The van der Waals surface area contributed by atoms with Crippen LogP contribution in [0.4, 0.5) is 0 Å². The third kappa shape index (κ3) is 5.26. The van der Waals surface area contributed by atoms with Gasteiger partial charge in [0.1, 0.15) is 0 Å². The van der Waals surface area contributed by atoms with Gasteiger partial charge in [-0.25, -0.2) is 9.79 Å². The molecule has 0 unspecified atom stereocenters. The maximum Gasteiger partial charge on any atom is 0.338 e. The Morgan fingerprint density at radius 1 is 1.05 bits per heavy atom. The van der Waals surface area contributed by atoms with Crippen molar-refractivity contribution >= 4 is 46.0 Å². The fraction of sp³-hybridized carbons (Fsp3) is 0.258. The molecule has 4 aromatic rings. The molecule has 41 heavy (non-hydrogen) atoms. The third-order valence-corrected chi connectivity index (χ3v) is 8.78. The number of fused-ring (bicyclic) bond motifs is 1. The van der Waals surface area contributed by atoms with E-state index < -0.39 is 12.0 Å². The molecule has 212 valence electrons. The lowest BCUT2D eigenvalue weighted by Gasteiger charge is -2.25. The number of carbonyl (C=O) groups excluding carboxylic acids is 1. The van der Waals surface area contributed by atoms with Gasteiger partial charge in [-0.3, -0.25) is 9.36 Å². The summed E-state index contributed by atoms with van der Waals surface area (Å²) in [5, 5.41) is 0. The largest absolute Gasteiger partial charge is 0.493 e. The highest BCUT2D eigenvalue weighted by atomic mass is 127. The van der Waals surface area contributed by atoms with E-state index >= 15 is 0 Å². The predicted molar refractivity (Wildman–Crippen MR) is 168 cm³/mol. The van der Waals surface area contributed by atoms with Crippen LogP contribution in [-0.4, -0.2) is 35.9 Å².